The molecule has 0 saturated carbocycles. The van der Waals surface area contributed by atoms with Crippen LogP contribution in [0.15, 0.2) is 36.8 Å². The van der Waals surface area contributed by atoms with Crippen LogP contribution in [0.5, 0.6) is 0 Å². The molecule has 3 N–H and O–H groups in total. The quantitative estimate of drug-likeness (QED) is 0.799. The van der Waals surface area contributed by atoms with Crippen molar-refractivity contribution in [2.75, 3.05) is 11.9 Å². The molecule has 0 bridgehead atoms. The fourth-order valence-electron chi connectivity index (χ4n) is 3.16. The standard InChI is InChI=1S/C19H21N5O3/c1-12-5-6-13(10-22-12)16-4-2-3-7-24(16)19(27)18(26)23-15-8-14(17(20)25)9-21-11-15/h5-6,8-11,16H,2-4,7H2,1H3,(H2,20,25)(H,23,26)/t16-/m0/s1. The van der Waals surface area contributed by atoms with Crippen molar-refractivity contribution in [2.24, 2.45) is 5.73 Å². The number of nitrogens with one attached hydrogen (secondary N) is 1. The number of hydrogen-bond donors (Lipinski definition) is 2. The van der Waals surface area contributed by atoms with Gasteiger partial charge in [-0.1, -0.05) is 6.07 Å². The van der Waals surface area contributed by atoms with Crippen molar-refractivity contribution in [3.05, 3.63) is 53.6 Å². The number of aryl methyl sites for hydroxylation is 1. The summed E-state index contributed by atoms with van der Waals surface area (Å²) in [6.45, 7) is 2.40. The first-order valence-corrected chi connectivity index (χ1v) is 8.75. The number of amides is 3. The maximum atomic E-state index is 12.8. The van der Waals surface area contributed by atoms with Crippen LogP contribution >= 0.6 is 0 Å². The number of primary amides is 1. The lowest BCUT2D eigenvalue weighted by Crippen LogP contribution is -2.44. The second-order valence-corrected chi connectivity index (χ2v) is 6.52. The van der Waals surface area contributed by atoms with Gasteiger partial charge in [-0.3, -0.25) is 24.4 Å². The lowest BCUT2D eigenvalue weighted by atomic mass is 9.96. The molecule has 1 fully saturated rings. The van der Waals surface area contributed by atoms with Gasteiger partial charge in [0.15, 0.2) is 0 Å². The van der Waals surface area contributed by atoms with Crippen LogP contribution < -0.4 is 11.1 Å². The number of carbonyl (C=O) groups is 3. The predicted octanol–water partition coefficient (Wildman–Crippen LogP) is 1.58. The van der Waals surface area contributed by atoms with E-state index in [2.05, 4.69) is 15.3 Å². The van der Waals surface area contributed by atoms with E-state index in [4.69, 9.17) is 5.73 Å². The van der Waals surface area contributed by atoms with Crippen molar-refractivity contribution in [2.45, 2.75) is 32.2 Å². The van der Waals surface area contributed by atoms with E-state index in [1.54, 1.807) is 11.1 Å². The lowest BCUT2D eigenvalue weighted by Gasteiger charge is -2.35. The molecule has 8 nitrogen and oxygen atoms in total. The first-order valence-electron chi connectivity index (χ1n) is 8.75. The van der Waals surface area contributed by atoms with Crippen LogP contribution in [-0.2, 0) is 9.59 Å². The van der Waals surface area contributed by atoms with Crippen molar-refractivity contribution >= 4 is 23.4 Å². The number of nitrogens with zero attached hydrogens (tertiary/aromatic N) is 3. The summed E-state index contributed by atoms with van der Waals surface area (Å²) >= 11 is 0. The van der Waals surface area contributed by atoms with E-state index in [9.17, 15) is 14.4 Å². The smallest absolute Gasteiger partial charge is 0.313 e. The van der Waals surface area contributed by atoms with Gasteiger partial charge in [0, 0.05) is 24.6 Å². The molecule has 0 aromatic carbocycles. The minimum absolute atomic E-state index is 0.154. The summed E-state index contributed by atoms with van der Waals surface area (Å²) < 4.78 is 0. The molecule has 1 atom stereocenters. The summed E-state index contributed by atoms with van der Waals surface area (Å²) in [6, 6.07) is 5.04. The van der Waals surface area contributed by atoms with Crippen LogP contribution in [0.25, 0.3) is 0 Å². The lowest BCUT2D eigenvalue weighted by molar-refractivity contribution is -0.145. The Balaban J connectivity index is 1.76. The molecule has 1 aliphatic rings. The van der Waals surface area contributed by atoms with Crippen molar-refractivity contribution < 1.29 is 14.4 Å². The number of piperidine rings is 1. The number of anilines is 1. The Morgan fingerprint density at radius 1 is 1.19 bits per heavy atom. The topological polar surface area (TPSA) is 118 Å². The molecule has 0 radical (unpaired) electrons. The number of carbonyl (C=O) groups excluding carboxylic acids is 3. The third-order valence-corrected chi connectivity index (χ3v) is 4.56. The number of aromatic nitrogens is 2. The molecular weight excluding hydrogens is 346 g/mol. The summed E-state index contributed by atoms with van der Waals surface area (Å²) in [5, 5.41) is 2.50. The Bertz CT molecular complexity index is 866. The SMILES string of the molecule is Cc1ccc([C@@H]2CCCCN2C(=O)C(=O)Nc2cncc(C(N)=O)c2)cn1. The van der Waals surface area contributed by atoms with Gasteiger partial charge in [0.25, 0.3) is 0 Å². The maximum absolute atomic E-state index is 12.8. The summed E-state index contributed by atoms with van der Waals surface area (Å²) in [5.74, 6) is -2.05. The molecule has 2 aromatic rings. The molecule has 0 aliphatic carbocycles. The first-order chi connectivity index (χ1) is 13.0. The zero-order valence-corrected chi connectivity index (χ0v) is 15.0. The van der Waals surface area contributed by atoms with E-state index in [0.717, 1.165) is 30.5 Å². The Morgan fingerprint density at radius 3 is 2.70 bits per heavy atom. The number of pyridine rings is 2. The molecule has 0 spiro atoms. The van der Waals surface area contributed by atoms with Gasteiger partial charge >= 0.3 is 11.8 Å². The number of rotatable bonds is 3. The minimum Gasteiger partial charge on any atom is -0.366 e. The average Bonchev–Trinajstić information content (AvgIpc) is 2.68. The van der Waals surface area contributed by atoms with Crippen LogP contribution in [-0.4, -0.2) is 39.1 Å². The number of nitrogens with two attached hydrogens (primary N) is 1. The third-order valence-electron chi connectivity index (χ3n) is 4.56. The normalized spacial score (nSPS) is 16.6. The van der Waals surface area contributed by atoms with E-state index in [-0.39, 0.29) is 17.3 Å². The van der Waals surface area contributed by atoms with Gasteiger partial charge in [0.05, 0.1) is 23.5 Å². The molecule has 2 aromatic heterocycles. The second-order valence-electron chi connectivity index (χ2n) is 6.52. The molecule has 1 aliphatic heterocycles. The van der Waals surface area contributed by atoms with E-state index >= 15 is 0 Å². The van der Waals surface area contributed by atoms with Crippen molar-refractivity contribution in [1.82, 2.24) is 14.9 Å². The molecule has 3 rings (SSSR count). The molecule has 3 heterocycles. The summed E-state index contributed by atoms with van der Waals surface area (Å²) in [7, 11) is 0. The Kier molecular flexibility index (Phi) is 5.44. The molecule has 1 saturated heterocycles. The van der Waals surface area contributed by atoms with Crippen LogP contribution in [0.3, 0.4) is 0 Å². The zero-order valence-electron chi connectivity index (χ0n) is 15.0. The fourth-order valence-corrected chi connectivity index (χ4v) is 3.16. The largest absolute Gasteiger partial charge is 0.366 e. The predicted molar refractivity (Wildman–Crippen MR) is 98.7 cm³/mol. The molecule has 140 valence electrons. The highest BCUT2D eigenvalue weighted by atomic mass is 16.2. The summed E-state index contributed by atoms with van der Waals surface area (Å²) in [4.78, 5) is 46.2. The van der Waals surface area contributed by atoms with Crippen LogP contribution in [0.2, 0.25) is 0 Å². The van der Waals surface area contributed by atoms with Crippen molar-refractivity contribution in [3.8, 4) is 0 Å². The fraction of sp³-hybridized carbons (Fsp3) is 0.316. The first kappa shape index (κ1) is 18.5. The number of hydrogen-bond acceptors (Lipinski definition) is 5. The minimum atomic E-state index is -0.773. The molecular formula is C19H21N5O3. The van der Waals surface area contributed by atoms with Gasteiger partial charge in [-0.2, -0.15) is 0 Å². The van der Waals surface area contributed by atoms with Crippen LogP contribution in [0.4, 0.5) is 5.69 Å². The van der Waals surface area contributed by atoms with E-state index in [1.807, 2.05) is 19.1 Å². The Labute approximate surface area is 156 Å². The van der Waals surface area contributed by atoms with Crippen LogP contribution in [0.1, 0.15) is 46.9 Å². The molecule has 27 heavy (non-hydrogen) atoms. The number of likely N-dealkylation sites (tertiary alicyclic amines) is 1. The molecule has 3 amide bonds. The van der Waals surface area contributed by atoms with E-state index < -0.39 is 17.7 Å². The van der Waals surface area contributed by atoms with Gasteiger partial charge in [-0.25, -0.2) is 0 Å². The van der Waals surface area contributed by atoms with Gasteiger partial charge in [-0.05, 0) is 43.9 Å². The van der Waals surface area contributed by atoms with Gasteiger partial charge in [0.1, 0.15) is 0 Å². The van der Waals surface area contributed by atoms with E-state index in [1.165, 1.54) is 18.5 Å². The monoisotopic (exact) mass is 367 g/mol. The van der Waals surface area contributed by atoms with Gasteiger partial charge < -0.3 is 16.0 Å². The highest BCUT2D eigenvalue weighted by Crippen LogP contribution is 2.30. The summed E-state index contributed by atoms with van der Waals surface area (Å²) in [5.41, 5.74) is 7.42. The van der Waals surface area contributed by atoms with Gasteiger partial charge in [-0.15, -0.1) is 0 Å². The van der Waals surface area contributed by atoms with Crippen molar-refractivity contribution in [1.29, 1.82) is 0 Å². The second kappa shape index (κ2) is 7.94. The zero-order chi connectivity index (χ0) is 19.4. The Hall–Kier alpha value is -3.29. The van der Waals surface area contributed by atoms with Gasteiger partial charge in [0.2, 0.25) is 5.91 Å². The Morgan fingerprint density at radius 2 is 2.00 bits per heavy atom. The molecule has 8 heteroatoms. The maximum Gasteiger partial charge on any atom is 0.313 e. The van der Waals surface area contributed by atoms with E-state index in [0.29, 0.717) is 6.54 Å². The van der Waals surface area contributed by atoms with Crippen LogP contribution in [0, 0.1) is 6.92 Å². The average molecular weight is 367 g/mol. The third kappa shape index (κ3) is 4.28. The molecule has 0 unspecified atom stereocenters. The highest BCUT2D eigenvalue weighted by Gasteiger charge is 2.32. The highest BCUT2D eigenvalue weighted by molar-refractivity contribution is 6.39. The van der Waals surface area contributed by atoms with Crippen molar-refractivity contribution in [3.63, 3.8) is 0 Å². The summed E-state index contributed by atoms with van der Waals surface area (Å²) in [6.07, 6.45) is 7.01.